The number of sulfonamides is 1. The predicted octanol–water partition coefficient (Wildman–Crippen LogP) is 2.76. The Hall–Kier alpha value is -2.67. The highest BCUT2D eigenvalue weighted by molar-refractivity contribution is 7.92. The summed E-state index contributed by atoms with van der Waals surface area (Å²) in [5.74, 6) is -0.539. The van der Waals surface area contributed by atoms with Gasteiger partial charge in [0.2, 0.25) is 11.8 Å². The molecule has 0 atom stereocenters. The first kappa shape index (κ1) is 17.2. The minimum Gasteiger partial charge on any atom is -0.280 e. The molecule has 130 valence electrons. The van der Waals surface area contributed by atoms with Gasteiger partial charge in [0.05, 0.1) is 10.6 Å². The molecule has 1 heterocycles. The molecule has 0 saturated carbocycles. The number of amides is 2. The molecule has 1 aliphatic rings. The Morgan fingerprint density at radius 1 is 0.880 bits per heavy atom. The maximum Gasteiger partial charge on any atom is 0.261 e. The molecule has 0 bridgehead atoms. The van der Waals surface area contributed by atoms with E-state index in [1.165, 1.54) is 24.3 Å². The third-order valence-corrected chi connectivity index (χ3v) is 5.33. The van der Waals surface area contributed by atoms with E-state index in [2.05, 4.69) is 4.72 Å². The van der Waals surface area contributed by atoms with Gasteiger partial charge in [-0.25, -0.2) is 8.42 Å². The van der Waals surface area contributed by atoms with Crippen LogP contribution in [0.1, 0.15) is 24.0 Å². The van der Waals surface area contributed by atoms with Crippen LogP contribution in [0.5, 0.6) is 0 Å². The topological polar surface area (TPSA) is 83.6 Å². The average Bonchev–Trinajstić information content (AvgIpc) is 2.85. The van der Waals surface area contributed by atoms with E-state index < -0.39 is 10.0 Å². The average molecular weight is 358 g/mol. The van der Waals surface area contributed by atoms with Gasteiger partial charge in [-0.3, -0.25) is 19.2 Å². The van der Waals surface area contributed by atoms with Crippen LogP contribution in [0.15, 0.2) is 47.4 Å². The molecule has 2 aromatic carbocycles. The van der Waals surface area contributed by atoms with Crippen LogP contribution in [0, 0.1) is 13.8 Å². The number of nitrogens with zero attached hydrogens (tertiary/aromatic N) is 1. The van der Waals surface area contributed by atoms with Gasteiger partial charge in [0.15, 0.2) is 0 Å². The molecule has 0 radical (unpaired) electrons. The molecule has 1 fully saturated rings. The molecule has 2 amide bonds. The minimum atomic E-state index is -3.75. The fraction of sp³-hybridized carbons (Fsp3) is 0.222. The molecule has 1 saturated heterocycles. The van der Waals surface area contributed by atoms with Gasteiger partial charge >= 0.3 is 0 Å². The molecule has 1 N–H and O–H groups in total. The van der Waals surface area contributed by atoms with E-state index in [1.807, 2.05) is 19.9 Å². The number of benzene rings is 2. The summed E-state index contributed by atoms with van der Waals surface area (Å²) in [6.45, 7) is 3.79. The summed E-state index contributed by atoms with van der Waals surface area (Å²) < 4.78 is 27.6. The number of nitrogens with one attached hydrogen (secondary N) is 1. The van der Waals surface area contributed by atoms with E-state index in [0.717, 1.165) is 16.0 Å². The van der Waals surface area contributed by atoms with Gasteiger partial charge in [0.25, 0.3) is 10.0 Å². The fourth-order valence-corrected chi connectivity index (χ4v) is 3.93. The Bertz CT molecular complexity index is 913. The SMILES string of the molecule is Cc1cc(C)cc(NS(=O)(=O)c2ccc(N3C(=O)CCC3=O)cc2)c1. The molecule has 0 spiro atoms. The van der Waals surface area contributed by atoms with E-state index in [-0.39, 0.29) is 29.6 Å². The first-order chi connectivity index (χ1) is 11.8. The Labute approximate surface area is 146 Å². The molecule has 1 aliphatic heterocycles. The summed E-state index contributed by atoms with van der Waals surface area (Å²) in [4.78, 5) is 24.6. The second kappa shape index (κ2) is 6.33. The van der Waals surface area contributed by atoms with Crippen LogP contribution in [0.3, 0.4) is 0 Å². The van der Waals surface area contributed by atoms with Crippen molar-refractivity contribution in [2.24, 2.45) is 0 Å². The molecular weight excluding hydrogens is 340 g/mol. The maximum atomic E-state index is 12.5. The van der Waals surface area contributed by atoms with Gasteiger partial charge in [0, 0.05) is 18.5 Å². The van der Waals surface area contributed by atoms with Crippen molar-refractivity contribution >= 4 is 33.2 Å². The normalized spacial score (nSPS) is 14.9. The number of imide groups is 1. The lowest BCUT2D eigenvalue weighted by atomic mass is 10.1. The van der Waals surface area contributed by atoms with Crippen LogP contribution in [0.2, 0.25) is 0 Å². The highest BCUT2D eigenvalue weighted by Crippen LogP contribution is 2.25. The highest BCUT2D eigenvalue weighted by Gasteiger charge is 2.30. The monoisotopic (exact) mass is 358 g/mol. The number of hydrogen-bond donors (Lipinski definition) is 1. The number of hydrogen-bond acceptors (Lipinski definition) is 4. The van der Waals surface area contributed by atoms with Crippen LogP contribution < -0.4 is 9.62 Å². The summed E-state index contributed by atoms with van der Waals surface area (Å²) >= 11 is 0. The van der Waals surface area contributed by atoms with E-state index >= 15 is 0 Å². The van der Waals surface area contributed by atoms with Crippen molar-refractivity contribution in [2.75, 3.05) is 9.62 Å². The van der Waals surface area contributed by atoms with Crippen molar-refractivity contribution in [3.63, 3.8) is 0 Å². The number of rotatable bonds is 4. The van der Waals surface area contributed by atoms with Crippen LogP contribution in [0.4, 0.5) is 11.4 Å². The van der Waals surface area contributed by atoms with Crippen LogP contribution in [0.25, 0.3) is 0 Å². The van der Waals surface area contributed by atoms with Gasteiger partial charge in [-0.05, 0) is 61.4 Å². The molecule has 0 aromatic heterocycles. The molecule has 6 nitrogen and oxygen atoms in total. The van der Waals surface area contributed by atoms with E-state index in [9.17, 15) is 18.0 Å². The van der Waals surface area contributed by atoms with E-state index in [1.54, 1.807) is 12.1 Å². The Balaban J connectivity index is 1.85. The third kappa shape index (κ3) is 3.56. The largest absolute Gasteiger partial charge is 0.280 e. The van der Waals surface area contributed by atoms with Crippen LogP contribution in [-0.4, -0.2) is 20.2 Å². The molecule has 7 heteroatoms. The Morgan fingerprint density at radius 3 is 1.92 bits per heavy atom. The summed E-state index contributed by atoms with van der Waals surface area (Å²) in [6.07, 6.45) is 0.375. The van der Waals surface area contributed by atoms with Gasteiger partial charge in [-0.2, -0.15) is 0 Å². The second-order valence-electron chi connectivity index (χ2n) is 6.10. The fourth-order valence-electron chi connectivity index (χ4n) is 2.89. The van der Waals surface area contributed by atoms with Crippen molar-refractivity contribution in [2.45, 2.75) is 31.6 Å². The van der Waals surface area contributed by atoms with Gasteiger partial charge in [0.1, 0.15) is 0 Å². The molecule has 25 heavy (non-hydrogen) atoms. The van der Waals surface area contributed by atoms with Gasteiger partial charge in [-0.15, -0.1) is 0 Å². The molecule has 0 unspecified atom stereocenters. The highest BCUT2D eigenvalue weighted by atomic mass is 32.2. The Morgan fingerprint density at radius 2 is 1.40 bits per heavy atom. The van der Waals surface area contributed by atoms with Crippen LogP contribution in [-0.2, 0) is 19.6 Å². The van der Waals surface area contributed by atoms with Crippen molar-refractivity contribution in [1.82, 2.24) is 0 Å². The van der Waals surface area contributed by atoms with Crippen LogP contribution >= 0.6 is 0 Å². The second-order valence-corrected chi connectivity index (χ2v) is 7.78. The number of carbonyl (C=O) groups excluding carboxylic acids is 2. The zero-order chi connectivity index (χ0) is 18.2. The molecule has 2 aromatic rings. The minimum absolute atomic E-state index is 0.0644. The Kier molecular flexibility index (Phi) is 4.34. The third-order valence-electron chi connectivity index (χ3n) is 3.93. The molecule has 0 aliphatic carbocycles. The first-order valence-electron chi connectivity index (χ1n) is 7.83. The lowest BCUT2D eigenvalue weighted by Crippen LogP contribution is -2.28. The summed E-state index contributed by atoms with van der Waals surface area (Å²) in [5, 5.41) is 0. The lowest BCUT2D eigenvalue weighted by Gasteiger charge is -2.15. The van der Waals surface area contributed by atoms with E-state index in [0.29, 0.717) is 11.4 Å². The molecule has 3 rings (SSSR count). The first-order valence-corrected chi connectivity index (χ1v) is 9.31. The maximum absolute atomic E-state index is 12.5. The number of aryl methyl sites for hydroxylation is 2. The smallest absolute Gasteiger partial charge is 0.261 e. The van der Waals surface area contributed by atoms with Crippen molar-refractivity contribution in [3.05, 3.63) is 53.6 Å². The van der Waals surface area contributed by atoms with Gasteiger partial charge < -0.3 is 0 Å². The van der Waals surface area contributed by atoms with E-state index in [4.69, 9.17) is 0 Å². The van der Waals surface area contributed by atoms with Gasteiger partial charge in [-0.1, -0.05) is 6.07 Å². The number of carbonyl (C=O) groups is 2. The lowest BCUT2D eigenvalue weighted by molar-refractivity contribution is -0.121. The quantitative estimate of drug-likeness (QED) is 0.852. The zero-order valence-electron chi connectivity index (χ0n) is 13.9. The summed E-state index contributed by atoms with van der Waals surface area (Å²) in [5.41, 5.74) is 2.79. The zero-order valence-corrected chi connectivity index (χ0v) is 14.8. The molecular formula is C18H18N2O4S. The number of anilines is 2. The van der Waals surface area contributed by atoms with Crippen molar-refractivity contribution in [3.8, 4) is 0 Å². The summed E-state index contributed by atoms with van der Waals surface area (Å²) in [6, 6.07) is 11.2. The van der Waals surface area contributed by atoms with Crippen molar-refractivity contribution in [1.29, 1.82) is 0 Å². The van der Waals surface area contributed by atoms with Crippen molar-refractivity contribution < 1.29 is 18.0 Å². The summed E-state index contributed by atoms with van der Waals surface area (Å²) in [7, 11) is -3.75. The predicted molar refractivity (Wildman–Crippen MR) is 94.9 cm³/mol. The standard InChI is InChI=1S/C18H18N2O4S/c1-12-9-13(2)11-14(10-12)19-25(23,24)16-5-3-15(4-6-16)20-17(21)7-8-18(20)22/h3-6,9-11,19H,7-8H2,1-2H3.